The molecule has 0 bridgehead atoms. The third-order valence-corrected chi connectivity index (χ3v) is 4.17. The van der Waals surface area contributed by atoms with Crippen molar-refractivity contribution in [3.63, 3.8) is 0 Å². The number of anilines is 1. The van der Waals surface area contributed by atoms with Crippen molar-refractivity contribution in [3.05, 3.63) is 57.2 Å². The van der Waals surface area contributed by atoms with Gasteiger partial charge in [-0.3, -0.25) is 0 Å². The first-order valence-corrected chi connectivity index (χ1v) is 7.16. The number of rotatable bonds is 3. The standard InChI is InChI=1S/C16H19BrN2/c1-11-5-6-12(2)14(7-11)10-19(4)16-8-13(3)15(17)9-18-16/h5-9H,10H2,1-4H3. The number of halogens is 1. The molecule has 3 heteroatoms. The lowest BCUT2D eigenvalue weighted by Gasteiger charge is -2.20. The Morgan fingerprint density at radius 2 is 1.84 bits per heavy atom. The smallest absolute Gasteiger partial charge is 0.128 e. The van der Waals surface area contributed by atoms with E-state index in [9.17, 15) is 0 Å². The average molecular weight is 319 g/mol. The fraction of sp³-hybridized carbons (Fsp3) is 0.312. The highest BCUT2D eigenvalue weighted by Gasteiger charge is 2.07. The molecule has 0 atom stereocenters. The molecule has 0 aliphatic rings. The predicted octanol–water partition coefficient (Wildman–Crippen LogP) is 4.41. The molecule has 0 saturated heterocycles. The van der Waals surface area contributed by atoms with Crippen LogP contribution in [-0.2, 0) is 6.54 Å². The number of benzene rings is 1. The summed E-state index contributed by atoms with van der Waals surface area (Å²) in [5, 5.41) is 0. The summed E-state index contributed by atoms with van der Waals surface area (Å²) in [6.45, 7) is 7.25. The lowest BCUT2D eigenvalue weighted by Crippen LogP contribution is -2.18. The number of aromatic nitrogens is 1. The molecule has 2 rings (SSSR count). The molecule has 0 fully saturated rings. The molecule has 0 unspecified atom stereocenters. The topological polar surface area (TPSA) is 16.1 Å². The maximum atomic E-state index is 4.47. The van der Waals surface area contributed by atoms with Crippen molar-refractivity contribution >= 4 is 21.7 Å². The third-order valence-electron chi connectivity index (χ3n) is 3.34. The minimum absolute atomic E-state index is 0.877. The zero-order valence-corrected chi connectivity index (χ0v) is 13.5. The van der Waals surface area contributed by atoms with Gasteiger partial charge in [0, 0.05) is 24.3 Å². The van der Waals surface area contributed by atoms with Crippen molar-refractivity contribution in [3.8, 4) is 0 Å². The van der Waals surface area contributed by atoms with Crippen LogP contribution in [0, 0.1) is 20.8 Å². The van der Waals surface area contributed by atoms with E-state index in [4.69, 9.17) is 0 Å². The van der Waals surface area contributed by atoms with E-state index in [0.29, 0.717) is 0 Å². The van der Waals surface area contributed by atoms with Crippen LogP contribution in [0.1, 0.15) is 22.3 Å². The summed E-state index contributed by atoms with van der Waals surface area (Å²) in [5.74, 6) is 1.00. The van der Waals surface area contributed by atoms with E-state index in [1.54, 1.807) is 0 Å². The normalized spacial score (nSPS) is 10.6. The van der Waals surface area contributed by atoms with Gasteiger partial charge in [0.05, 0.1) is 0 Å². The Balaban J connectivity index is 2.22. The Hall–Kier alpha value is -1.35. The summed E-state index contributed by atoms with van der Waals surface area (Å²) >= 11 is 3.49. The van der Waals surface area contributed by atoms with E-state index in [2.05, 4.69) is 77.9 Å². The molecule has 0 aliphatic carbocycles. The first-order chi connectivity index (χ1) is 8.97. The van der Waals surface area contributed by atoms with Gasteiger partial charge in [-0.15, -0.1) is 0 Å². The molecule has 100 valence electrons. The van der Waals surface area contributed by atoms with Gasteiger partial charge in [0.1, 0.15) is 5.82 Å². The largest absolute Gasteiger partial charge is 0.355 e. The van der Waals surface area contributed by atoms with E-state index in [-0.39, 0.29) is 0 Å². The van der Waals surface area contributed by atoms with Gasteiger partial charge in [0.15, 0.2) is 0 Å². The average Bonchev–Trinajstić information content (AvgIpc) is 2.37. The van der Waals surface area contributed by atoms with Crippen molar-refractivity contribution in [1.82, 2.24) is 4.98 Å². The monoisotopic (exact) mass is 318 g/mol. The third kappa shape index (κ3) is 3.35. The highest BCUT2D eigenvalue weighted by molar-refractivity contribution is 9.10. The summed E-state index contributed by atoms with van der Waals surface area (Å²) in [5.41, 5.74) is 5.18. The summed E-state index contributed by atoms with van der Waals surface area (Å²) in [4.78, 5) is 6.65. The van der Waals surface area contributed by atoms with Crippen LogP contribution in [-0.4, -0.2) is 12.0 Å². The molecule has 0 amide bonds. The Morgan fingerprint density at radius 1 is 1.11 bits per heavy atom. The molecule has 19 heavy (non-hydrogen) atoms. The summed E-state index contributed by atoms with van der Waals surface area (Å²) in [6, 6.07) is 8.69. The second-order valence-electron chi connectivity index (χ2n) is 5.08. The van der Waals surface area contributed by atoms with Gasteiger partial charge in [0.25, 0.3) is 0 Å². The maximum absolute atomic E-state index is 4.47. The summed E-state index contributed by atoms with van der Waals surface area (Å²) in [7, 11) is 2.08. The highest BCUT2D eigenvalue weighted by atomic mass is 79.9. The number of hydrogen-bond donors (Lipinski definition) is 0. The van der Waals surface area contributed by atoms with Crippen LogP contribution in [0.5, 0.6) is 0 Å². The van der Waals surface area contributed by atoms with Crippen LogP contribution in [0.15, 0.2) is 34.9 Å². The quantitative estimate of drug-likeness (QED) is 0.833. The summed E-state index contributed by atoms with van der Waals surface area (Å²) < 4.78 is 1.05. The zero-order chi connectivity index (χ0) is 14.0. The number of pyridine rings is 1. The highest BCUT2D eigenvalue weighted by Crippen LogP contribution is 2.21. The van der Waals surface area contributed by atoms with Gasteiger partial charge < -0.3 is 4.90 Å². The van der Waals surface area contributed by atoms with E-state index in [1.165, 1.54) is 22.3 Å². The predicted molar refractivity (Wildman–Crippen MR) is 84.7 cm³/mol. The van der Waals surface area contributed by atoms with Crippen molar-refractivity contribution in [1.29, 1.82) is 0 Å². The van der Waals surface area contributed by atoms with Gasteiger partial charge in [-0.25, -0.2) is 4.98 Å². The Bertz CT molecular complexity index is 593. The van der Waals surface area contributed by atoms with E-state index < -0.39 is 0 Å². The zero-order valence-electron chi connectivity index (χ0n) is 11.9. The van der Waals surface area contributed by atoms with E-state index in [0.717, 1.165) is 16.8 Å². The first-order valence-electron chi connectivity index (χ1n) is 6.37. The van der Waals surface area contributed by atoms with Crippen LogP contribution >= 0.6 is 15.9 Å². The van der Waals surface area contributed by atoms with Gasteiger partial charge in [-0.1, -0.05) is 23.8 Å². The van der Waals surface area contributed by atoms with Gasteiger partial charge in [-0.05, 0) is 59.5 Å². The van der Waals surface area contributed by atoms with Crippen LogP contribution in [0.2, 0.25) is 0 Å². The van der Waals surface area contributed by atoms with Gasteiger partial charge in [-0.2, -0.15) is 0 Å². The molecule has 0 N–H and O–H groups in total. The van der Waals surface area contributed by atoms with Gasteiger partial charge >= 0.3 is 0 Å². The number of hydrogen-bond acceptors (Lipinski definition) is 2. The van der Waals surface area contributed by atoms with Crippen LogP contribution in [0.3, 0.4) is 0 Å². The van der Waals surface area contributed by atoms with E-state index in [1.807, 2.05) is 6.20 Å². The molecule has 0 saturated carbocycles. The Labute approximate surface area is 123 Å². The molecule has 0 spiro atoms. The molecular formula is C16H19BrN2. The molecule has 2 nitrogen and oxygen atoms in total. The van der Waals surface area contributed by atoms with Crippen molar-refractivity contribution in [2.24, 2.45) is 0 Å². The second-order valence-corrected chi connectivity index (χ2v) is 5.93. The van der Waals surface area contributed by atoms with Gasteiger partial charge in [0.2, 0.25) is 0 Å². The van der Waals surface area contributed by atoms with Crippen LogP contribution < -0.4 is 4.90 Å². The minimum atomic E-state index is 0.877. The van der Waals surface area contributed by atoms with Crippen LogP contribution in [0.4, 0.5) is 5.82 Å². The SMILES string of the molecule is Cc1ccc(C)c(CN(C)c2cc(C)c(Br)cn2)c1. The molecule has 2 aromatic rings. The molecule has 1 aromatic carbocycles. The van der Waals surface area contributed by atoms with Crippen molar-refractivity contribution < 1.29 is 0 Å². The molecule has 1 heterocycles. The number of nitrogens with zero attached hydrogens (tertiary/aromatic N) is 2. The molecule has 0 radical (unpaired) electrons. The maximum Gasteiger partial charge on any atom is 0.128 e. The Morgan fingerprint density at radius 3 is 2.53 bits per heavy atom. The van der Waals surface area contributed by atoms with Crippen molar-refractivity contribution in [2.45, 2.75) is 27.3 Å². The van der Waals surface area contributed by atoms with Crippen molar-refractivity contribution in [2.75, 3.05) is 11.9 Å². The first kappa shape index (κ1) is 14.1. The second kappa shape index (κ2) is 5.74. The lowest BCUT2D eigenvalue weighted by atomic mass is 10.1. The lowest BCUT2D eigenvalue weighted by molar-refractivity contribution is 0.887. The molecule has 1 aromatic heterocycles. The number of aryl methyl sites for hydroxylation is 3. The van der Waals surface area contributed by atoms with Crippen LogP contribution in [0.25, 0.3) is 0 Å². The minimum Gasteiger partial charge on any atom is -0.355 e. The fourth-order valence-corrected chi connectivity index (χ4v) is 2.26. The fourth-order valence-electron chi connectivity index (χ4n) is 2.04. The molecular weight excluding hydrogens is 300 g/mol. The molecule has 0 aliphatic heterocycles. The van der Waals surface area contributed by atoms with E-state index >= 15 is 0 Å². The summed E-state index contributed by atoms with van der Waals surface area (Å²) in [6.07, 6.45) is 1.87. The Kier molecular flexibility index (Phi) is 4.25.